The van der Waals surface area contributed by atoms with E-state index in [4.69, 9.17) is 21.7 Å². The van der Waals surface area contributed by atoms with E-state index in [1.54, 1.807) is 4.90 Å². The van der Waals surface area contributed by atoms with Crippen molar-refractivity contribution in [1.82, 2.24) is 19.8 Å². The van der Waals surface area contributed by atoms with Crippen molar-refractivity contribution in [1.29, 1.82) is 0 Å². The first kappa shape index (κ1) is 25.9. The maximum atomic E-state index is 12.8. The normalized spacial score (nSPS) is 18.0. The van der Waals surface area contributed by atoms with Crippen molar-refractivity contribution >= 4 is 30.2 Å². The summed E-state index contributed by atoms with van der Waals surface area (Å²) >= 11 is 5.44. The van der Waals surface area contributed by atoms with Crippen LogP contribution in [0.15, 0.2) is 30.3 Å². The Morgan fingerprint density at radius 1 is 1.14 bits per heavy atom. The van der Waals surface area contributed by atoms with E-state index in [0.717, 1.165) is 29.1 Å². The number of hydrogen-bond donors (Lipinski definition) is 1. The van der Waals surface area contributed by atoms with Crippen LogP contribution in [0.3, 0.4) is 0 Å². The lowest BCUT2D eigenvalue weighted by Gasteiger charge is -2.42. The molecule has 0 radical (unpaired) electrons. The number of benzene rings is 1. The van der Waals surface area contributed by atoms with Gasteiger partial charge in [0.25, 0.3) is 0 Å². The van der Waals surface area contributed by atoms with Gasteiger partial charge in [-0.2, -0.15) is 0 Å². The van der Waals surface area contributed by atoms with Gasteiger partial charge in [-0.3, -0.25) is 0 Å². The number of hydrogen-bond acceptors (Lipinski definition) is 7. The van der Waals surface area contributed by atoms with Gasteiger partial charge in [0.1, 0.15) is 18.0 Å². The highest BCUT2D eigenvalue weighted by molar-refractivity contribution is 7.71. The number of ether oxygens (including phenoxy) is 2. The summed E-state index contributed by atoms with van der Waals surface area (Å²) < 4.78 is 11.5. The highest BCUT2D eigenvalue weighted by Crippen LogP contribution is 2.29. The maximum absolute atomic E-state index is 12.8. The molecule has 2 aliphatic heterocycles. The molecule has 4 rings (SSSR count). The fourth-order valence-electron chi connectivity index (χ4n) is 4.63. The molecule has 0 bridgehead atoms. The Kier molecular flexibility index (Phi) is 7.82. The van der Waals surface area contributed by atoms with Crippen LogP contribution < -0.4 is 4.90 Å². The minimum atomic E-state index is -0.534. The van der Waals surface area contributed by atoms with E-state index in [1.165, 1.54) is 0 Å². The topological polar surface area (TPSA) is 91.0 Å². The first-order valence-electron chi connectivity index (χ1n) is 12.5. The highest BCUT2D eigenvalue weighted by Gasteiger charge is 2.35. The molecule has 2 aromatic rings. The van der Waals surface area contributed by atoms with E-state index in [-0.39, 0.29) is 24.8 Å². The minimum Gasteiger partial charge on any atom is -0.445 e. The Labute approximate surface area is 217 Å². The SMILES string of the molecule is CC[C@H]1CN(c2nc(=S)[nH]c3c2CCN(C(=O)OCc2ccccc2)C3)CCN1C(=O)OC(C)(C)C. The lowest BCUT2D eigenvalue weighted by molar-refractivity contribution is 0.0136. The third-order valence-electron chi connectivity index (χ3n) is 6.43. The van der Waals surface area contributed by atoms with Crippen LogP contribution in [0.4, 0.5) is 15.4 Å². The van der Waals surface area contributed by atoms with E-state index in [0.29, 0.717) is 43.9 Å². The number of nitrogens with zero attached hydrogens (tertiary/aromatic N) is 4. The summed E-state index contributed by atoms with van der Waals surface area (Å²) in [5.41, 5.74) is 2.37. The number of aromatic nitrogens is 2. The number of fused-ring (bicyclic) bond motifs is 1. The zero-order valence-electron chi connectivity index (χ0n) is 21.5. The van der Waals surface area contributed by atoms with Gasteiger partial charge in [-0.25, -0.2) is 14.6 Å². The van der Waals surface area contributed by atoms with Gasteiger partial charge in [-0.1, -0.05) is 37.3 Å². The quantitative estimate of drug-likeness (QED) is 0.594. The van der Waals surface area contributed by atoms with Crippen molar-refractivity contribution in [3.8, 4) is 0 Å². The predicted molar refractivity (Wildman–Crippen MR) is 139 cm³/mol. The average Bonchev–Trinajstić information content (AvgIpc) is 2.85. The third-order valence-corrected chi connectivity index (χ3v) is 6.62. The maximum Gasteiger partial charge on any atom is 0.410 e. The molecule has 0 spiro atoms. The van der Waals surface area contributed by atoms with Crippen LogP contribution in [-0.4, -0.2) is 69.8 Å². The van der Waals surface area contributed by atoms with Gasteiger partial charge >= 0.3 is 12.2 Å². The lowest BCUT2D eigenvalue weighted by atomic mass is 10.0. The number of aromatic amines is 1. The van der Waals surface area contributed by atoms with Crippen LogP contribution in [0.2, 0.25) is 0 Å². The summed E-state index contributed by atoms with van der Waals surface area (Å²) in [4.78, 5) is 39.1. The van der Waals surface area contributed by atoms with Crippen LogP contribution in [0.5, 0.6) is 0 Å². The van der Waals surface area contributed by atoms with Gasteiger partial charge in [0, 0.05) is 37.4 Å². The lowest BCUT2D eigenvalue weighted by Crippen LogP contribution is -2.56. The Morgan fingerprint density at radius 3 is 2.58 bits per heavy atom. The summed E-state index contributed by atoms with van der Waals surface area (Å²) in [7, 11) is 0. The van der Waals surface area contributed by atoms with Crippen LogP contribution >= 0.6 is 12.2 Å². The Hall–Kier alpha value is -3.14. The molecule has 2 aliphatic rings. The second-order valence-electron chi connectivity index (χ2n) is 10.2. The standard InChI is InChI=1S/C26H35N5O4S/c1-5-19-15-29(13-14-31(19)25(33)35-26(2,3)4)22-20-11-12-30(16-21(20)27-23(36)28-22)24(32)34-17-18-9-7-6-8-10-18/h6-10,19H,5,11-17H2,1-4H3,(H,27,28,36)/t19-/m0/s1. The average molecular weight is 514 g/mol. The van der Waals surface area contributed by atoms with E-state index in [9.17, 15) is 9.59 Å². The number of anilines is 1. The van der Waals surface area contributed by atoms with Crippen LogP contribution in [0.25, 0.3) is 0 Å². The summed E-state index contributed by atoms with van der Waals surface area (Å²) in [6, 6.07) is 9.65. The van der Waals surface area contributed by atoms with Crippen LogP contribution in [0, 0.1) is 4.77 Å². The van der Waals surface area contributed by atoms with Crippen molar-refractivity contribution in [2.45, 2.75) is 65.3 Å². The molecule has 1 atom stereocenters. The summed E-state index contributed by atoms with van der Waals surface area (Å²) in [5, 5.41) is 0. The van der Waals surface area contributed by atoms with Crippen molar-refractivity contribution in [2.24, 2.45) is 0 Å². The molecular formula is C26H35N5O4S. The van der Waals surface area contributed by atoms with Crippen molar-refractivity contribution < 1.29 is 19.1 Å². The number of carbonyl (C=O) groups excluding carboxylic acids is 2. The Morgan fingerprint density at radius 2 is 1.89 bits per heavy atom. The van der Waals surface area contributed by atoms with E-state index in [1.807, 2.05) is 56.0 Å². The first-order valence-corrected chi connectivity index (χ1v) is 12.9. The first-order chi connectivity index (χ1) is 17.1. The molecule has 0 aliphatic carbocycles. The monoisotopic (exact) mass is 513 g/mol. The number of amides is 2. The second kappa shape index (κ2) is 10.9. The second-order valence-corrected chi connectivity index (χ2v) is 10.6. The smallest absolute Gasteiger partial charge is 0.410 e. The zero-order chi connectivity index (χ0) is 25.9. The van der Waals surface area contributed by atoms with Crippen molar-refractivity contribution in [3.05, 3.63) is 51.9 Å². The molecular weight excluding hydrogens is 478 g/mol. The summed E-state index contributed by atoms with van der Waals surface area (Å²) in [6.07, 6.45) is 0.824. The van der Waals surface area contributed by atoms with Crippen LogP contribution in [-0.2, 0) is 29.0 Å². The summed E-state index contributed by atoms with van der Waals surface area (Å²) in [6.45, 7) is 10.7. The van der Waals surface area contributed by atoms with Crippen LogP contribution in [0.1, 0.15) is 50.9 Å². The third kappa shape index (κ3) is 6.16. The number of piperazine rings is 1. The highest BCUT2D eigenvalue weighted by atomic mass is 32.1. The molecule has 1 aromatic heterocycles. The molecule has 0 saturated carbocycles. The van der Waals surface area contributed by atoms with Gasteiger partial charge in [-0.05, 0) is 51.4 Å². The Bertz CT molecular complexity index is 1150. The fourth-order valence-corrected chi connectivity index (χ4v) is 4.84. The molecule has 36 heavy (non-hydrogen) atoms. The van der Waals surface area contributed by atoms with Crippen molar-refractivity contribution in [3.63, 3.8) is 0 Å². The molecule has 1 N–H and O–H groups in total. The fraction of sp³-hybridized carbons (Fsp3) is 0.538. The number of H-pyrrole nitrogens is 1. The molecule has 3 heterocycles. The molecule has 194 valence electrons. The van der Waals surface area contributed by atoms with Gasteiger partial charge in [0.2, 0.25) is 0 Å². The van der Waals surface area contributed by atoms with Crippen molar-refractivity contribution in [2.75, 3.05) is 31.1 Å². The Balaban J connectivity index is 1.45. The number of carbonyl (C=O) groups is 2. The van der Waals surface area contributed by atoms with Gasteiger partial charge in [-0.15, -0.1) is 0 Å². The molecule has 10 heteroatoms. The summed E-state index contributed by atoms with van der Waals surface area (Å²) in [5.74, 6) is 0.841. The van der Waals surface area contributed by atoms with E-state index < -0.39 is 5.60 Å². The molecule has 0 unspecified atom stereocenters. The zero-order valence-corrected chi connectivity index (χ0v) is 22.3. The van der Waals surface area contributed by atoms with Gasteiger partial charge in [0.05, 0.1) is 12.6 Å². The molecule has 1 saturated heterocycles. The predicted octanol–water partition coefficient (Wildman–Crippen LogP) is 4.67. The number of nitrogens with one attached hydrogen (secondary N) is 1. The largest absolute Gasteiger partial charge is 0.445 e. The molecule has 1 aromatic carbocycles. The molecule has 1 fully saturated rings. The van der Waals surface area contributed by atoms with E-state index >= 15 is 0 Å². The minimum absolute atomic E-state index is 0.0110. The number of rotatable bonds is 4. The molecule has 2 amide bonds. The van der Waals surface area contributed by atoms with E-state index in [2.05, 4.69) is 21.8 Å². The van der Waals surface area contributed by atoms with Gasteiger partial charge < -0.3 is 29.2 Å². The molecule has 9 nitrogen and oxygen atoms in total. The van der Waals surface area contributed by atoms with Gasteiger partial charge in [0.15, 0.2) is 4.77 Å².